The highest BCUT2D eigenvalue weighted by Gasteiger charge is 2.34. The van der Waals surface area contributed by atoms with Gasteiger partial charge in [0.05, 0.1) is 0 Å². The molecule has 3 heterocycles. The summed E-state index contributed by atoms with van der Waals surface area (Å²) in [6.45, 7) is 6.56. The van der Waals surface area contributed by atoms with Crippen LogP contribution in [0.15, 0.2) is 0 Å². The molecule has 0 aromatic heterocycles. The maximum absolute atomic E-state index is 3.85. The molecular formula is C13H25N3. The van der Waals surface area contributed by atoms with E-state index in [4.69, 9.17) is 0 Å². The van der Waals surface area contributed by atoms with E-state index in [0.29, 0.717) is 0 Å². The molecule has 4 atom stereocenters. The molecule has 0 radical (unpaired) electrons. The van der Waals surface area contributed by atoms with Crippen molar-refractivity contribution in [3.8, 4) is 0 Å². The van der Waals surface area contributed by atoms with Crippen molar-refractivity contribution in [2.75, 3.05) is 39.8 Å². The third-order valence-corrected chi connectivity index (χ3v) is 4.92. The first-order valence-electron chi connectivity index (χ1n) is 6.99. The Morgan fingerprint density at radius 1 is 1.12 bits per heavy atom. The first-order chi connectivity index (χ1) is 7.83. The van der Waals surface area contributed by atoms with E-state index in [-0.39, 0.29) is 0 Å². The van der Waals surface area contributed by atoms with Crippen LogP contribution in [0.2, 0.25) is 0 Å². The van der Waals surface area contributed by atoms with Gasteiger partial charge in [-0.25, -0.2) is 0 Å². The van der Waals surface area contributed by atoms with Crippen molar-refractivity contribution in [3.05, 3.63) is 0 Å². The number of piperidine rings is 1. The van der Waals surface area contributed by atoms with E-state index in [2.05, 4.69) is 22.2 Å². The normalized spacial score (nSPS) is 44.1. The molecule has 0 aliphatic carbocycles. The summed E-state index contributed by atoms with van der Waals surface area (Å²) < 4.78 is 0. The molecule has 3 nitrogen and oxygen atoms in total. The number of nitrogens with zero attached hydrogens (tertiary/aromatic N) is 2. The summed E-state index contributed by atoms with van der Waals surface area (Å²) in [5.74, 6) is 0.945. The standard InChI is InChI=1S/C13H25N3/c1-15-6-2-3-12(15)9-14-13-5-8-16-7-4-11(13)10-16/h11-14H,2-10H2,1H3. The van der Waals surface area contributed by atoms with E-state index in [1.165, 1.54) is 58.4 Å². The number of hydrogen-bond donors (Lipinski definition) is 1. The van der Waals surface area contributed by atoms with Crippen molar-refractivity contribution in [1.82, 2.24) is 15.1 Å². The molecule has 3 heteroatoms. The Labute approximate surface area is 99.2 Å². The van der Waals surface area contributed by atoms with Crippen LogP contribution in [0.1, 0.15) is 25.7 Å². The topological polar surface area (TPSA) is 18.5 Å². The van der Waals surface area contributed by atoms with Crippen LogP contribution in [0.4, 0.5) is 0 Å². The molecular weight excluding hydrogens is 198 g/mol. The van der Waals surface area contributed by atoms with Crippen molar-refractivity contribution >= 4 is 0 Å². The molecule has 92 valence electrons. The highest BCUT2D eigenvalue weighted by molar-refractivity contribution is 4.92. The van der Waals surface area contributed by atoms with Crippen LogP contribution in [0.5, 0.6) is 0 Å². The minimum absolute atomic E-state index is 0.805. The summed E-state index contributed by atoms with van der Waals surface area (Å²) in [5.41, 5.74) is 0. The first-order valence-corrected chi connectivity index (χ1v) is 6.99. The molecule has 0 aromatic rings. The maximum atomic E-state index is 3.85. The highest BCUT2D eigenvalue weighted by Crippen LogP contribution is 2.27. The van der Waals surface area contributed by atoms with Gasteiger partial charge in [0.25, 0.3) is 0 Å². The van der Waals surface area contributed by atoms with Gasteiger partial charge in [-0.05, 0) is 58.3 Å². The van der Waals surface area contributed by atoms with Crippen LogP contribution in [-0.2, 0) is 0 Å². The van der Waals surface area contributed by atoms with E-state index in [1.807, 2.05) is 0 Å². The van der Waals surface area contributed by atoms with E-state index in [9.17, 15) is 0 Å². The van der Waals surface area contributed by atoms with Gasteiger partial charge in [0.15, 0.2) is 0 Å². The molecule has 3 aliphatic rings. The zero-order valence-corrected chi connectivity index (χ0v) is 10.5. The summed E-state index contributed by atoms with van der Waals surface area (Å²) in [5, 5.41) is 3.85. The molecule has 0 aromatic carbocycles. The Bertz CT molecular complexity index is 243. The number of likely N-dealkylation sites (N-methyl/N-ethyl adjacent to an activating group) is 1. The second kappa shape index (κ2) is 4.63. The van der Waals surface area contributed by atoms with Gasteiger partial charge in [-0.2, -0.15) is 0 Å². The molecule has 4 unspecified atom stereocenters. The fraction of sp³-hybridized carbons (Fsp3) is 1.00. The minimum Gasteiger partial charge on any atom is -0.312 e. The molecule has 0 saturated carbocycles. The van der Waals surface area contributed by atoms with Crippen molar-refractivity contribution < 1.29 is 0 Å². The quantitative estimate of drug-likeness (QED) is 0.762. The van der Waals surface area contributed by atoms with Crippen LogP contribution in [-0.4, -0.2) is 61.7 Å². The van der Waals surface area contributed by atoms with Crippen molar-refractivity contribution in [3.63, 3.8) is 0 Å². The van der Waals surface area contributed by atoms with E-state index < -0.39 is 0 Å². The van der Waals surface area contributed by atoms with Gasteiger partial charge >= 0.3 is 0 Å². The van der Waals surface area contributed by atoms with E-state index in [0.717, 1.165) is 18.0 Å². The highest BCUT2D eigenvalue weighted by atomic mass is 15.2. The van der Waals surface area contributed by atoms with Crippen LogP contribution >= 0.6 is 0 Å². The Kier molecular flexibility index (Phi) is 3.18. The van der Waals surface area contributed by atoms with Gasteiger partial charge in [-0.1, -0.05) is 0 Å². The van der Waals surface area contributed by atoms with Gasteiger partial charge in [0.1, 0.15) is 0 Å². The van der Waals surface area contributed by atoms with Gasteiger partial charge in [0, 0.05) is 25.2 Å². The molecule has 3 fully saturated rings. The second-order valence-corrected chi connectivity index (χ2v) is 5.93. The first kappa shape index (κ1) is 11.0. The fourth-order valence-corrected chi connectivity index (χ4v) is 3.74. The largest absolute Gasteiger partial charge is 0.312 e. The zero-order valence-electron chi connectivity index (χ0n) is 10.5. The molecule has 2 bridgehead atoms. The molecule has 3 aliphatic heterocycles. The van der Waals surface area contributed by atoms with Crippen LogP contribution in [0, 0.1) is 5.92 Å². The minimum atomic E-state index is 0.805. The van der Waals surface area contributed by atoms with Gasteiger partial charge in [-0.3, -0.25) is 0 Å². The monoisotopic (exact) mass is 223 g/mol. The van der Waals surface area contributed by atoms with Crippen LogP contribution < -0.4 is 5.32 Å². The van der Waals surface area contributed by atoms with Crippen molar-refractivity contribution in [1.29, 1.82) is 0 Å². The number of nitrogens with one attached hydrogen (secondary N) is 1. The number of hydrogen-bond acceptors (Lipinski definition) is 3. The average molecular weight is 223 g/mol. The Morgan fingerprint density at radius 2 is 2.00 bits per heavy atom. The summed E-state index contributed by atoms with van der Waals surface area (Å²) in [7, 11) is 2.28. The van der Waals surface area contributed by atoms with E-state index >= 15 is 0 Å². The third kappa shape index (κ3) is 2.13. The Morgan fingerprint density at radius 3 is 2.81 bits per heavy atom. The van der Waals surface area contributed by atoms with Gasteiger partial charge in [-0.15, -0.1) is 0 Å². The van der Waals surface area contributed by atoms with Crippen molar-refractivity contribution in [2.24, 2.45) is 5.92 Å². The maximum Gasteiger partial charge on any atom is 0.0218 e. The van der Waals surface area contributed by atoms with Crippen LogP contribution in [0.25, 0.3) is 0 Å². The van der Waals surface area contributed by atoms with Gasteiger partial charge < -0.3 is 15.1 Å². The summed E-state index contributed by atoms with van der Waals surface area (Å²) in [4.78, 5) is 5.15. The molecule has 16 heavy (non-hydrogen) atoms. The Balaban J connectivity index is 1.47. The van der Waals surface area contributed by atoms with Gasteiger partial charge in [0.2, 0.25) is 0 Å². The fourth-order valence-electron chi connectivity index (χ4n) is 3.74. The lowest BCUT2D eigenvalue weighted by Crippen LogP contribution is -2.47. The van der Waals surface area contributed by atoms with Crippen molar-refractivity contribution in [2.45, 2.75) is 37.8 Å². The lowest BCUT2D eigenvalue weighted by Gasteiger charge is -2.32. The lowest BCUT2D eigenvalue weighted by atomic mass is 9.94. The molecule has 1 N–H and O–H groups in total. The Hall–Kier alpha value is -0.120. The second-order valence-electron chi connectivity index (χ2n) is 5.93. The SMILES string of the molecule is CN1CCCC1CNC1CCN2CCC1C2. The van der Waals surface area contributed by atoms with E-state index in [1.54, 1.807) is 0 Å². The smallest absolute Gasteiger partial charge is 0.0218 e. The summed E-state index contributed by atoms with van der Waals surface area (Å²) in [6.07, 6.45) is 5.59. The zero-order chi connectivity index (χ0) is 11.0. The molecule has 0 spiro atoms. The van der Waals surface area contributed by atoms with Crippen LogP contribution in [0.3, 0.4) is 0 Å². The number of fused-ring (bicyclic) bond motifs is 2. The molecule has 3 rings (SSSR count). The summed E-state index contributed by atoms with van der Waals surface area (Å²) >= 11 is 0. The molecule has 3 saturated heterocycles. The average Bonchev–Trinajstić information content (AvgIpc) is 2.86. The number of rotatable bonds is 3. The predicted octanol–water partition coefficient (Wildman–Crippen LogP) is 0.764. The number of likely N-dealkylation sites (tertiary alicyclic amines) is 1. The molecule has 0 amide bonds. The third-order valence-electron chi connectivity index (χ3n) is 4.92. The predicted molar refractivity (Wildman–Crippen MR) is 66.6 cm³/mol. The lowest BCUT2D eigenvalue weighted by molar-refractivity contribution is 0.207. The summed E-state index contributed by atoms with van der Waals surface area (Å²) in [6, 6.07) is 1.62.